The average molecular weight is 329 g/mol. The highest BCUT2D eigenvalue weighted by molar-refractivity contribution is 8.00. The summed E-state index contributed by atoms with van der Waals surface area (Å²) in [6.07, 6.45) is 16.0. The second-order valence-corrected chi connectivity index (χ2v) is 7.13. The van der Waals surface area contributed by atoms with Crippen LogP contribution in [0.5, 0.6) is 0 Å². The Morgan fingerprint density at radius 2 is 1.55 bits per heavy atom. The third kappa shape index (κ3) is 13.2. The quantitative estimate of drug-likeness (QED) is 0.193. The molecule has 1 unspecified atom stereocenters. The van der Waals surface area contributed by atoms with Crippen LogP contribution in [0, 0.1) is 0 Å². The van der Waals surface area contributed by atoms with Crippen molar-refractivity contribution < 1.29 is 9.53 Å². The van der Waals surface area contributed by atoms with Crippen LogP contribution in [0.15, 0.2) is 12.7 Å². The smallest absolute Gasteiger partial charge is 0.319 e. The van der Waals surface area contributed by atoms with Crippen molar-refractivity contribution in [2.45, 2.75) is 89.7 Å². The third-order valence-electron chi connectivity index (χ3n) is 3.75. The number of unbranched alkanes of at least 4 members (excludes halogenated alkanes) is 9. The van der Waals surface area contributed by atoms with Crippen molar-refractivity contribution in [3.63, 3.8) is 0 Å². The molecule has 0 rings (SSSR count). The molecule has 0 bridgehead atoms. The van der Waals surface area contributed by atoms with Crippen molar-refractivity contribution in [2.24, 2.45) is 0 Å². The molecule has 0 heterocycles. The van der Waals surface area contributed by atoms with Gasteiger partial charge in [0, 0.05) is 0 Å². The number of ether oxygens (including phenoxy) is 1. The van der Waals surface area contributed by atoms with E-state index < -0.39 is 0 Å². The molecular weight excluding hydrogens is 292 g/mol. The molecule has 3 heteroatoms. The molecule has 0 amide bonds. The van der Waals surface area contributed by atoms with Gasteiger partial charge in [-0.25, -0.2) is 0 Å². The number of hydrogen-bond donors (Lipinski definition) is 0. The lowest BCUT2D eigenvalue weighted by atomic mass is 10.1. The zero-order valence-electron chi connectivity index (χ0n) is 14.8. The maximum Gasteiger partial charge on any atom is 0.319 e. The molecule has 22 heavy (non-hydrogen) atoms. The van der Waals surface area contributed by atoms with Crippen LogP contribution in [0.4, 0.5) is 0 Å². The first kappa shape index (κ1) is 21.6. The van der Waals surface area contributed by atoms with Crippen LogP contribution >= 0.6 is 11.8 Å². The van der Waals surface area contributed by atoms with E-state index in [4.69, 9.17) is 4.74 Å². The Kier molecular flexibility index (Phi) is 16.6. The van der Waals surface area contributed by atoms with Gasteiger partial charge in [0.05, 0.1) is 6.61 Å². The molecule has 1 atom stereocenters. The van der Waals surface area contributed by atoms with E-state index in [1.165, 1.54) is 64.2 Å². The van der Waals surface area contributed by atoms with Gasteiger partial charge >= 0.3 is 5.97 Å². The Labute approximate surface area is 142 Å². The predicted octanol–water partition coefficient (Wildman–Crippen LogP) is 6.15. The number of carbonyl (C=O) groups excluding carboxylic acids is 1. The average Bonchev–Trinajstić information content (AvgIpc) is 2.51. The van der Waals surface area contributed by atoms with Gasteiger partial charge in [0.15, 0.2) is 0 Å². The van der Waals surface area contributed by atoms with Crippen molar-refractivity contribution in [1.82, 2.24) is 0 Å². The molecule has 0 radical (unpaired) electrons. The first-order valence-corrected chi connectivity index (χ1v) is 10.2. The van der Waals surface area contributed by atoms with Gasteiger partial charge in [0.2, 0.25) is 0 Å². The van der Waals surface area contributed by atoms with Crippen LogP contribution in [0.25, 0.3) is 0 Å². The van der Waals surface area contributed by atoms with E-state index in [1.807, 2.05) is 13.0 Å². The molecule has 0 spiro atoms. The van der Waals surface area contributed by atoms with Gasteiger partial charge < -0.3 is 4.74 Å². The lowest BCUT2D eigenvalue weighted by Gasteiger charge is -2.13. The molecule has 0 aromatic heterocycles. The Morgan fingerprint density at radius 3 is 2.05 bits per heavy atom. The lowest BCUT2D eigenvalue weighted by Crippen LogP contribution is -2.20. The minimum atomic E-state index is -0.0838. The molecule has 0 saturated carbocycles. The number of allylic oxidation sites excluding steroid dienone is 1. The summed E-state index contributed by atoms with van der Waals surface area (Å²) in [4.78, 5) is 11.8. The molecule has 130 valence electrons. The summed E-state index contributed by atoms with van der Waals surface area (Å²) in [7, 11) is 0. The third-order valence-corrected chi connectivity index (χ3v) is 5.06. The van der Waals surface area contributed by atoms with Crippen LogP contribution in [-0.4, -0.2) is 23.6 Å². The van der Waals surface area contributed by atoms with Gasteiger partial charge in [-0.05, 0) is 25.5 Å². The molecule has 0 aromatic carbocycles. The standard InChI is InChI=1S/C19H36O2S/c1-4-7-8-9-10-11-12-13-14-15-17-22-18(16-5-2)19(20)21-6-3/h5,18H,2,4,6-17H2,1,3H3. The molecule has 0 aliphatic carbocycles. The van der Waals surface area contributed by atoms with Gasteiger partial charge in [-0.3, -0.25) is 4.79 Å². The monoisotopic (exact) mass is 328 g/mol. The van der Waals surface area contributed by atoms with Crippen LogP contribution < -0.4 is 0 Å². The van der Waals surface area contributed by atoms with E-state index in [-0.39, 0.29) is 11.2 Å². The summed E-state index contributed by atoms with van der Waals surface area (Å²) in [5, 5.41) is -0.0592. The lowest BCUT2D eigenvalue weighted by molar-refractivity contribution is -0.142. The first-order valence-electron chi connectivity index (χ1n) is 9.15. The molecule has 0 N–H and O–H groups in total. The van der Waals surface area contributed by atoms with Gasteiger partial charge in [-0.2, -0.15) is 0 Å². The fourth-order valence-corrected chi connectivity index (χ4v) is 3.57. The summed E-state index contributed by atoms with van der Waals surface area (Å²) in [6.45, 7) is 8.31. The summed E-state index contributed by atoms with van der Waals surface area (Å²) >= 11 is 1.73. The Morgan fingerprint density at radius 1 is 1.00 bits per heavy atom. The van der Waals surface area contributed by atoms with Gasteiger partial charge in [-0.1, -0.05) is 70.8 Å². The van der Waals surface area contributed by atoms with Crippen LogP contribution in [0.1, 0.15) is 84.5 Å². The zero-order valence-corrected chi connectivity index (χ0v) is 15.6. The van der Waals surface area contributed by atoms with Crippen molar-refractivity contribution >= 4 is 17.7 Å². The first-order chi connectivity index (χ1) is 10.8. The summed E-state index contributed by atoms with van der Waals surface area (Å²) in [6, 6.07) is 0. The Hall–Kier alpha value is -0.440. The number of thioether (sulfide) groups is 1. The van der Waals surface area contributed by atoms with E-state index >= 15 is 0 Å². The van der Waals surface area contributed by atoms with E-state index in [2.05, 4.69) is 13.5 Å². The minimum absolute atomic E-state index is 0.0592. The molecule has 0 saturated heterocycles. The highest BCUT2D eigenvalue weighted by Crippen LogP contribution is 2.19. The number of carbonyl (C=O) groups is 1. The molecule has 2 nitrogen and oxygen atoms in total. The second-order valence-electron chi connectivity index (χ2n) is 5.82. The van der Waals surface area contributed by atoms with E-state index in [9.17, 15) is 4.79 Å². The van der Waals surface area contributed by atoms with Crippen molar-refractivity contribution in [1.29, 1.82) is 0 Å². The number of esters is 1. The summed E-state index contributed by atoms with van der Waals surface area (Å²) < 4.78 is 5.10. The Balaban J connectivity index is 3.45. The van der Waals surface area contributed by atoms with Gasteiger partial charge in [0.25, 0.3) is 0 Å². The van der Waals surface area contributed by atoms with Crippen LogP contribution in [0.2, 0.25) is 0 Å². The highest BCUT2D eigenvalue weighted by Gasteiger charge is 2.18. The van der Waals surface area contributed by atoms with Crippen LogP contribution in [-0.2, 0) is 9.53 Å². The largest absolute Gasteiger partial charge is 0.465 e. The zero-order chi connectivity index (χ0) is 16.5. The molecule has 0 aromatic rings. The van der Waals surface area contributed by atoms with Crippen LogP contribution in [0.3, 0.4) is 0 Å². The second kappa shape index (κ2) is 16.9. The number of hydrogen-bond acceptors (Lipinski definition) is 3. The maximum absolute atomic E-state index is 11.8. The van der Waals surface area contributed by atoms with Crippen molar-refractivity contribution in [3.8, 4) is 0 Å². The van der Waals surface area contributed by atoms with E-state index in [0.29, 0.717) is 13.0 Å². The molecule has 0 aliphatic rings. The highest BCUT2D eigenvalue weighted by atomic mass is 32.2. The van der Waals surface area contributed by atoms with Gasteiger partial charge in [0.1, 0.15) is 5.25 Å². The topological polar surface area (TPSA) is 26.3 Å². The Bertz CT molecular complexity index is 266. The van der Waals surface area contributed by atoms with Crippen molar-refractivity contribution in [3.05, 3.63) is 12.7 Å². The fraction of sp³-hybridized carbons (Fsp3) is 0.842. The number of rotatable bonds is 16. The predicted molar refractivity (Wildman–Crippen MR) is 99.5 cm³/mol. The molecule has 0 aliphatic heterocycles. The van der Waals surface area contributed by atoms with Gasteiger partial charge in [-0.15, -0.1) is 18.3 Å². The molecular formula is C19H36O2S. The normalized spacial score (nSPS) is 12.1. The maximum atomic E-state index is 11.8. The van der Waals surface area contributed by atoms with E-state index in [0.717, 1.165) is 5.75 Å². The minimum Gasteiger partial charge on any atom is -0.465 e. The SMILES string of the molecule is C=CCC(SCCCCCCCCCCCC)C(=O)OCC. The van der Waals surface area contributed by atoms with E-state index in [1.54, 1.807) is 11.8 Å². The fourth-order valence-electron chi connectivity index (χ4n) is 2.43. The summed E-state index contributed by atoms with van der Waals surface area (Å²) in [5.41, 5.74) is 0. The molecule has 0 fully saturated rings. The van der Waals surface area contributed by atoms with Crippen molar-refractivity contribution in [2.75, 3.05) is 12.4 Å². The summed E-state index contributed by atoms with van der Waals surface area (Å²) in [5.74, 6) is 0.966.